The number of benzene rings is 6. The molecule has 0 saturated heterocycles. The van der Waals surface area contributed by atoms with Gasteiger partial charge in [-0.2, -0.15) is 0 Å². The summed E-state index contributed by atoms with van der Waals surface area (Å²) in [7, 11) is 0. The fraction of sp³-hybridized carbons (Fsp3) is 0.286. The molecule has 6 rings (SSSR count). The van der Waals surface area contributed by atoms with Crippen molar-refractivity contribution in [2.24, 2.45) is 0 Å². The number of carbonyl (C=O) groups excluding carboxylic acids is 2. The Balaban J connectivity index is 1.29. The van der Waals surface area contributed by atoms with E-state index in [1.54, 1.807) is 0 Å². The average molecular weight is 675 g/mol. The molecule has 0 heterocycles. The Morgan fingerprint density at radius 2 is 0.800 bits per heavy atom. The van der Waals surface area contributed by atoms with Crippen LogP contribution in [-0.2, 0) is 9.47 Å². The van der Waals surface area contributed by atoms with Gasteiger partial charge in [0.25, 0.3) is 0 Å². The van der Waals surface area contributed by atoms with E-state index in [2.05, 4.69) is 13.8 Å². The minimum Gasteiger partial charge on any atom is -0.507 e. The van der Waals surface area contributed by atoms with Crippen molar-refractivity contribution in [2.75, 3.05) is 13.2 Å². The summed E-state index contributed by atoms with van der Waals surface area (Å²) in [6, 6.07) is 20.6. The van der Waals surface area contributed by atoms with Crippen molar-refractivity contribution in [1.29, 1.82) is 0 Å². The van der Waals surface area contributed by atoms with E-state index in [1.165, 1.54) is 24.3 Å². The zero-order valence-electron chi connectivity index (χ0n) is 28.4. The molecule has 0 atom stereocenters. The molecule has 8 heteroatoms. The van der Waals surface area contributed by atoms with Gasteiger partial charge in [0.1, 0.15) is 23.0 Å². The van der Waals surface area contributed by atoms with Crippen LogP contribution in [-0.4, -0.2) is 45.6 Å². The maximum Gasteiger partial charge on any atom is 0.338 e. The van der Waals surface area contributed by atoms with Gasteiger partial charge >= 0.3 is 11.9 Å². The molecule has 0 amide bonds. The molecule has 0 radical (unpaired) electrons. The quantitative estimate of drug-likeness (QED) is 0.0510. The molecule has 0 unspecified atom stereocenters. The first kappa shape index (κ1) is 34.4. The number of phenolic OH excluding ortho intramolecular Hbond substituents is 4. The van der Waals surface area contributed by atoms with Crippen LogP contribution in [0.4, 0.5) is 0 Å². The predicted octanol–water partition coefficient (Wildman–Crippen LogP) is 10.2. The summed E-state index contributed by atoms with van der Waals surface area (Å²) in [5.74, 6) is -2.11. The third-order valence-corrected chi connectivity index (χ3v) is 9.24. The van der Waals surface area contributed by atoms with E-state index in [-0.39, 0.29) is 58.5 Å². The van der Waals surface area contributed by atoms with E-state index >= 15 is 0 Å². The summed E-state index contributed by atoms with van der Waals surface area (Å²) < 4.78 is 10.7. The molecule has 258 valence electrons. The van der Waals surface area contributed by atoms with Crippen LogP contribution in [0.25, 0.3) is 54.6 Å². The Kier molecular flexibility index (Phi) is 10.3. The number of ether oxygens (including phenoxy) is 2. The fourth-order valence-electron chi connectivity index (χ4n) is 6.73. The van der Waals surface area contributed by atoms with Crippen molar-refractivity contribution in [3.8, 4) is 45.3 Å². The molecule has 0 aliphatic heterocycles. The summed E-state index contributed by atoms with van der Waals surface area (Å²) in [5, 5.41) is 49.4. The molecular formula is C42H42O8. The number of phenols is 4. The zero-order valence-corrected chi connectivity index (χ0v) is 28.4. The molecule has 0 aliphatic rings. The van der Waals surface area contributed by atoms with Crippen molar-refractivity contribution in [1.82, 2.24) is 0 Å². The Hall–Kier alpha value is -5.50. The minimum atomic E-state index is -0.596. The lowest BCUT2D eigenvalue weighted by Gasteiger charge is -2.16. The third kappa shape index (κ3) is 6.97. The van der Waals surface area contributed by atoms with E-state index in [9.17, 15) is 30.0 Å². The Bertz CT molecular complexity index is 1920. The van der Waals surface area contributed by atoms with Gasteiger partial charge in [0, 0.05) is 0 Å². The standard InChI is InChI=1S/C42H42O8/c1-3-5-7-9-15-49-41(47)31-21-33(43)39(34(44)22-31)29-17-25-11-13-27-19-30(20-28-14-12-26(18-29)37(25)38(27)28)40-35(45)23-32(24-36(40)46)42(48)50-16-10-8-6-4-2/h11-14,17-24,43-46H,3-10,15-16H2,1-2H3. The van der Waals surface area contributed by atoms with Crippen LogP contribution >= 0.6 is 0 Å². The van der Waals surface area contributed by atoms with Gasteiger partial charge in [0.2, 0.25) is 0 Å². The molecular weight excluding hydrogens is 632 g/mol. The van der Waals surface area contributed by atoms with E-state index in [4.69, 9.17) is 9.47 Å². The molecule has 50 heavy (non-hydrogen) atoms. The lowest BCUT2D eigenvalue weighted by molar-refractivity contribution is 0.0488. The number of hydrogen-bond donors (Lipinski definition) is 4. The highest BCUT2D eigenvalue weighted by Crippen LogP contribution is 2.45. The fourth-order valence-corrected chi connectivity index (χ4v) is 6.73. The number of carbonyl (C=O) groups is 2. The lowest BCUT2D eigenvalue weighted by Crippen LogP contribution is -2.06. The number of unbranched alkanes of at least 4 members (excludes halogenated alkanes) is 6. The van der Waals surface area contributed by atoms with Crippen LogP contribution in [0.3, 0.4) is 0 Å². The van der Waals surface area contributed by atoms with E-state index in [0.29, 0.717) is 11.1 Å². The predicted molar refractivity (Wildman–Crippen MR) is 197 cm³/mol. The average Bonchev–Trinajstić information content (AvgIpc) is 3.09. The molecule has 0 aromatic heterocycles. The molecule has 0 spiro atoms. The first-order chi connectivity index (χ1) is 24.2. The van der Waals surface area contributed by atoms with E-state index in [1.807, 2.05) is 48.5 Å². The van der Waals surface area contributed by atoms with Gasteiger partial charge in [-0.05, 0) is 105 Å². The van der Waals surface area contributed by atoms with Gasteiger partial charge in [-0.1, -0.05) is 76.6 Å². The molecule has 6 aromatic rings. The van der Waals surface area contributed by atoms with Crippen molar-refractivity contribution >= 4 is 44.3 Å². The second-order valence-electron chi connectivity index (χ2n) is 12.9. The van der Waals surface area contributed by atoms with Gasteiger partial charge in [0.05, 0.1) is 35.5 Å². The maximum absolute atomic E-state index is 12.6. The van der Waals surface area contributed by atoms with Crippen molar-refractivity contribution < 1.29 is 39.5 Å². The van der Waals surface area contributed by atoms with Crippen LogP contribution in [0.1, 0.15) is 85.9 Å². The smallest absolute Gasteiger partial charge is 0.338 e. The molecule has 0 fully saturated rings. The molecule has 4 N–H and O–H groups in total. The molecule has 6 aromatic carbocycles. The van der Waals surface area contributed by atoms with E-state index in [0.717, 1.165) is 83.7 Å². The first-order valence-electron chi connectivity index (χ1n) is 17.4. The largest absolute Gasteiger partial charge is 0.507 e. The number of esters is 2. The zero-order chi connectivity index (χ0) is 35.4. The number of aromatic hydroxyl groups is 4. The van der Waals surface area contributed by atoms with Gasteiger partial charge < -0.3 is 29.9 Å². The van der Waals surface area contributed by atoms with Crippen LogP contribution < -0.4 is 0 Å². The Morgan fingerprint density at radius 1 is 0.480 bits per heavy atom. The molecule has 0 aliphatic carbocycles. The van der Waals surface area contributed by atoms with Crippen molar-refractivity contribution in [3.63, 3.8) is 0 Å². The summed E-state index contributed by atoms with van der Waals surface area (Å²) >= 11 is 0. The minimum absolute atomic E-state index is 0.0807. The summed E-state index contributed by atoms with van der Waals surface area (Å²) in [6.45, 7) is 4.78. The Morgan fingerprint density at radius 3 is 1.10 bits per heavy atom. The Labute approximate surface area is 290 Å². The van der Waals surface area contributed by atoms with Gasteiger partial charge in [-0.3, -0.25) is 0 Å². The maximum atomic E-state index is 12.6. The normalized spacial score (nSPS) is 11.5. The summed E-state index contributed by atoms with van der Waals surface area (Å²) in [4.78, 5) is 25.2. The number of rotatable bonds is 14. The van der Waals surface area contributed by atoms with Gasteiger partial charge in [-0.15, -0.1) is 0 Å². The van der Waals surface area contributed by atoms with Crippen LogP contribution in [0.5, 0.6) is 23.0 Å². The monoisotopic (exact) mass is 674 g/mol. The first-order valence-corrected chi connectivity index (χ1v) is 17.4. The molecule has 8 nitrogen and oxygen atoms in total. The topological polar surface area (TPSA) is 134 Å². The van der Waals surface area contributed by atoms with Gasteiger partial charge in [-0.25, -0.2) is 9.59 Å². The second kappa shape index (κ2) is 14.9. The lowest BCUT2D eigenvalue weighted by atomic mass is 9.88. The molecule has 0 bridgehead atoms. The highest BCUT2D eigenvalue weighted by molar-refractivity contribution is 6.24. The summed E-state index contributed by atoms with van der Waals surface area (Å²) in [5.41, 5.74) is 1.76. The van der Waals surface area contributed by atoms with Crippen LogP contribution in [0.15, 0.2) is 72.8 Å². The van der Waals surface area contributed by atoms with Crippen LogP contribution in [0, 0.1) is 0 Å². The van der Waals surface area contributed by atoms with Gasteiger partial charge in [0.15, 0.2) is 0 Å². The van der Waals surface area contributed by atoms with E-state index < -0.39 is 11.9 Å². The third-order valence-electron chi connectivity index (χ3n) is 9.24. The number of hydrogen-bond acceptors (Lipinski definition) is 8. The highest BCUT2D eigenvalue weighted by Gasteiger charge is 2.21. The SMILES string of the molecule is CCCCCCOC(=O)c1cc(O)c(-c2cc3ccc4cc(-c5c(O)cc(C(=O)OCCCCCC)cc5O)cc5ccc(c2)c3c45)c(O)c1. The summed E-state index contributed by atoms with van der Waals surface area (Å²) in [6.07, 6.45) is 7.75. The highest BCUT2D eigenvalue weighted by atomic mass is 16.5. The van der Waals surface area contributed by atoms with Crippen LogP contribution in [0.2, 0.25) is 0 Å². The molecule has 0 saturated carbocycles. The van der Waals surface area contributed by atoms with Crippen molar-refractivity contribution in [3.05, 3.63) is 83.9 Å². The second-order valence-corrected chi connectivity index (χ2v) is 12.9. The van der Waals surface area contributed by atoms with Crippen molar-refractivity contribution in [2.45, 2.75) is 65.2 Å².